The summed E-state index contributed by atoms with van der Waals surface area (Å²) in [5.41, 5.74) is 2.64. The highest BCUT2D eigenvalue weighted by Gasteiger charge is 2.15. The fraction of sp³-hybridized carbons (Fsp3) is 0.235. The van der Waals surface area contributed by atoms with Gasteiger partial charge in [0.1, 0.15) is 5.75 Å². The topological polar surface area (TPSA) is 38.3 Å². The molecule has 0 saturated carbocycles. The van der Waals surface area contributed by atoms with Gasteiger partial charge in [0.05, 0.1) is 13.2 Å². The summed E-state index contributed by atoms with van der Waals surface area (Å²) in [6, 6.07) is 15.2. The molecule has 0 aliphatic carbocycles. The fourth-order valence-corrected chi connectivity index (χ4v) is 2.20. The van der Waals surface area contributed by atoms with Crippen molar-refractivity contribution in [3.8, 4) is 5.75 Å². The van der Waals surface area contributed by atoms with E-state index in [4.69, 9.17) is 4.74 Å². The summed E-state index contributed by atoms with van der Waals surface area (Å²) in [6.45, 7) is 3.89. The summed E-state index contributed by atoms with van der Waals surface area (Å²) >= 11 is 0. The smallest absolute Gasteiger partial charge is 0.252 e. The minimum atomic E-state index is -0.113. The van der Waals surface area contributed by atoms with Gasteiger partial charge < -0.3 is 10.1 Å². The molecule has 3 heteroatoms. The van der Waals surface area contributed by atoms with Crippen molar-refractivity contribution in [1.29, 1.82) is 0 Å². The lowest BCUT2D eigenvalue weighted by molar-refractivity contribution is 0.0939. The van der Waals surface area contributed by atoms with Crippen molar-refractivity contribution in [3.05, 3.63) is 65.2 Å². The van der Waals surface area contributed by atoms with Crippen LogP contribution in [0.5, 0.6) is 5.75 Å². The van der Waals surface area contributed by atoms with Gasteiger partial charge in [-0.15, -0.1) is 0 Å². The fourth-order valence-electron chi connectivity index (χ4n) is 2.20. The molecule has 0 spiro atoms. The quantitative estimate of drug-likeness (QED) is 0.922. The second kappa shape index (κ2) is 6.24. The number of para-hydroxylation sites is 1. The number of carbonyl (C=O) groups excluding carboxylic acids is 1. The Kier molecular flexibility index (Phi) is 4.41. The van der Waals surface area contributed by atoms with Crippen molar-refractivity contribution in [2.75, 3.05) is 7.11 Å². The molecular formula is C17H19NO2. The Morgan fingerprint density at radius 3 is 2.45 bits per heavy atom. The van der Waals surface area contributed by atoms with Crippen LogP contribution in [0.3, 0.4) is 0 Å². The second-order valence-corrected chi connectivity index (χ2v) is 4.75. The highest BCUT2D eigenvalue weighted by atomic mass is 16.5. The van der Waals surface area contributed by atoms with E-state index in [0.29, 0.717) is 5.56 Å². The number of carbonyl (C=O) groups is 1. The number of amides is 1. The molecule has 0 radical (unpaired) electrons. The molecule has 0 bridgehead atoms. The number of rotatable bonds is 4. The second-order valence-electron chi connectivity index (χ2n) is 4.75. The van der Waals surface area contributed by atoms with Gasteiger partial charge >= 0.3 is 0 Å². The third-order valence-corrected chi connectivity index (χ3v) is 3.34. The Labute approximate surface area is 119 Å². The first-order valence-corrected chi connectivity index (χ1v) is 6.63. The predicted octanol–water partition coefficient (Wildman–Crippen LogP) is 3.49. The molecule has 3 nitrogen and oxygen atoms in total. The van der Waals surface area contributed by atoms with E-state index in [9.17, 15) is 4.79 Å². The summed E-state index contributed by atoms with van der Waals surface area (Å²) < 4.78 is 5.33. The van der Waals surface area contributed by atoms with Crippen molar-refractivity contribution in [1.82, 2.24) is 5.32 Å². The van der Waals surface area contributed by atoms with Crippen LogP contribution in [0.1, 0.15) is 34.5 Å². The molecule has 20 heavy (non-hydrogen) atoms. The minimum Gasteiger partial charge on any atom is -0.496 e. The van der Waals surface area contributed by atoms with E-state index in [0.717, 1.165) is 16.9 Å². The maximum atomic E-state index is 12.3. The zero-order chi connectivity index (χ0) is 14.5. The first-order valence-electron chi connectivity index (χ1n) is 6.63. The monoisotopic (exact) mass is 269 g/mol. The van der Waals surface area contributed by atoms with E-state index < -0.39 is 0 Å². The molecule has 2 rings (SSSR count). The summed E-state index contributed by atoms with van der Waals surface area (Å²) in [4.78, 5) is 12.3. The number of hydrogen-bond acceptors (Lipinski definition) is 2. The molecule has 0 aliphatic heterocycles. The number of methoxy groups -OCH3 is 1. The molecule has 1 unspecified atom stereocenters. The third kappa shape index (κ3) is 2.99. The molecule has 1 amide bonds. The van der Waals surface area contributed by atoms with Crippen LogP contribution in [0.2, 0.25) is 0 Å². The van der Waals surface area contributed by atoms with Gasteiger partial charge in [-0.1, -0.05) is 36.4 Å². The molecule has 0 saturated heterocycles. The standard InChI is InChI=1S/C17H19NO2/c1-12-8-4-5-9-14(12)17(19)18-13(2)15-10-6-7-11-16(15)20-3/h4-11,13H,1-3H3,(H,18,19). The summed E-state index contributed by atoms with van der Waals surface area (Å²) in [6.07, 6.45) is 0. The maximum absolute atomic E-state index is 12.3. The average Bonchev–Trinajstić information content (AvgIpc) is 2.47. The van der Waals surface area contributed by atoms with Gasteiger partial charge in [-0.25, -0.2) is 0 Å². The Morgan fingerprint density at radius 1 is 1.10 bits per heavy atom. The first kappa shape index (κ1) is 14.1. The van der Waals surface area contributed by atoms with Crippen LogP contribution in [-0.2, 0) is 0 Å². The van der Waals surface area contributed by atoms with Gasteiger partial charge in [-0.3, -0.25) is 4.79 Å². The number of ether oxygens (including phenoxy) is 1. The largest absolute Gasteiger partial charge is 0.496 e. The molecule has 0 aliphatic rings. The number of hydrogen-bond donors (Lipinski definition) is 1. The van der Waals surface area contributed by atoms with Gasteiger partial charge in [-0.05, 0) is 31.5 Å². The zero-order valence-corrected chi connectivity index (χ0v) is 12.0. The third-order valence-electron chi connectivity index (χ3n) is 3.34. The number of benzene rings is 2. The molecule has 0 fully saturated rings. The van der Waals surface area contributed by atoms with Crippen molar-refractivity contribution in [3.63, 3.8) is 0 Å². The lowest BCUT2D eigenvalue weighted by Crippen LogP contribution is -2.27. The van der Waals surface area contributed by atoms with E-state index in [1.807, 2.05) is 62.4 Å². The van der Waals surface area contributed by atoms with Crippen LogP contribution < -0.4 is 10.1 Å². The molecule has 0 aromatic heterocycles. The first-order chi connectivity index (χ1) is 9.63. The lowest BCUT2D eigenvalue weighted by atomic mass is 10.0. The van der Waals surface area contributed by atoms with Gasteiger partial charge in [0, 0.05) is 11.1 Å². The Bertz CT molecular complexity index is 607. The minimum absolute atomic E-state index is 0.0680. The van der Waals surface area contributed by atoms with Crippen LogP contribution in [0.15, 0.2) is 48.5 Å². The molecule has 2 aromatic rings. The Morgan fingerprint density at radius 2 is 1.75 bits per heavy atom. The van der Waals surface area contributed by atoms with Crippen LogP contribution in [-0.4, -0.2) is 13.0 Å². The lowest BCUT2D eigenvalue weighted by Gasteiger charge is -2.17. The molecule has 104 valence electrons. The van der Waals surface area contributed by atoms with Crippen LogP contribution in [0.4, 0.5) is 0 Å². The number of aryl methyl sites for hydroxylation is 1. The van der Waals surface area contributed by atoms with Gasteiger partial charge in [0.15, 0.2) is 0 Å². The molecular weight excluding hydrogens is 250 g/mol. The van der Waals surface area contributed by atoms with E-state index >= 15 is 0 Å². The van der Waals surface area contributed by atoms with E-state index in [-0.39, 0.29) is 11.9 Å². The summed E-state index contributed by atoms with van der Waals surface area (Å²) in [5, 5.41) is 3.01. The van der Waals surface area contributed by atoms with Crippen LogP contribution in [0.25, 0.3) is 0 Å². The highest BCUT2D eigenvalue weighted by Crippen LogP contribution is 2.24. The normalized spacial score (nSPS) is 11.8. The molecule has 1 N–H and O–H groups in total. The molecule has 2 aromatic carbocycles. The van der Waals surface area contributed by atoms with Crippen LogP contribution >= 0.6 is 0 Å². The average molecular weight is 269 g/mol. The van der Waals surface area contributed by atoms with Crippen molar-refractivity contribution >= 4 is 5.91 Å². The summed E-state index contributed by atoms with van der Waals surface area (Å²) in [7, 11) is 1.63. The summed E-state index contributed by atoms with van der Waals surface area (Å²) in [5.74, 6) is 0.714. The SMILES string of the molecule is COc1ccccc1C(C)NC(=O)c1ccccc1C. The highest BCUT2D eigenvalue weighted by molar-refractivity contribution is 5.95. The Balaban J connectivity index is 2.18. The van der Waals surface area contributed by atoms with E-state index in [1.54, 1.807) is 7.11 Å². The Hall–Kier alpha value is -2.29. The van der Waals surface area contributed by atoms with Crippen molar-refractivity contribution < 1.29 is 9.53 Å². The zero-order valence-electron chi connectivity index (χ0n) is 12.0. The van der Waals surface area contributed by atoms with Gasteiger partial charge in [0.2, 0.25) is 0 Å². The van der Waals surface area contributed by atoms with Crippen molar-refractivity contribution in [2.45, 2.75) is 19.9 Å². The van der Waals surface area contributed by atoms with Crippen LogP contribution in [0, 0.1) is 6.92 Å². The number of nitrogens with one attached hydrogen (secondary N) is 1. The molecule has 0 heterocycles. The van der Waals surface area contributed by atoms with E-state index in [1.165, 1.54) is 0 Å². The molecule has 1 atom stereocenters. The van der Waals surface area contributed by atoms with E-state index in [2.05, 4.69) is 5.32 Å². The predicted molar refractivity (Wildman–Crippen MR) is 80.1 cm³/mol. The van der Waals surface area contributed by atoms with Crippen molar-refractivity contribution in [2.24, 2.45) is 0 Å². The maximum Gasteiger partial charge on any atom is 0.252 e. The van der Waals surface area contributed by atoms with Gasteiger partial charge in [-0.2, -0.15) is 0 Å². The van der Waals surface area contributed by atoms with Gasteiger partial charge in [0.25, 0.3) is 5.91 Å².